The summed E-state index contributed by atoms with van der Waals surface area (Å²) in [6.07, 6.45) is 4.11. The Balaban J connectivity index is 0.00000372. The SMILES string of the molecule is CN1[CH-]N(c2[c-]c(Oc3[c-]c4c(cc3)c3cc(-c5ccccc5)ccc3n4-c3cc4c(cn3)c3ccccc3n4C)ccc2)C=C1c1ccccc1.[Pt]. The Labute approximate surface area is 322 Å². The number of ether oxygens (including phenoxy) is 1. The zero-order chi connectivity index (χ0) is 34.8. The van der Waals surface area contributed by atoms with Crippen molar-refractivity contribution >= 4 is 55.0 Å². The van der Waals surface area contributed by atoms with E-state index in [1.54, 1.807) is 0 Å². The molecule has 0 fully saturated rings. The molecule has 0 atom stereocenters. The topological polar surface area (TPSA) is 38.5 Å². The van der Waals surface area contributed by atoms with E-state index < -0.39 is 0 Å². The Hall–Kier alpha value is -6.10. The smallest absolute Gasteiger partial charge is 0.137 e. The van der Waals surface area contributed by atoms with Crippen LogP contribution in [0.5, 0.6) is 11.5 Å². The standard InChI is InChI=1S/C46H32N5O.Pt/c1-48-30-50(29-45(48)32-14-7-4-8-15-32)34-16-11-17-35(25-34)52-36-21-22-38-39-24-33(31-12-5-3-6-13-31)20-23-42(39)51(44(38)26-36)46-27-43-40(28-47-46)37-18-9-10-19-41(37)49(43)2;/h3-24,27-30H,1-2H3;/q-3;. The van der Waals surface area contributed by atoms with Crippen LogP contribution in [-0.4, -0.2) is 26.1 Å². The van der Waals surface area contributed by atoms with E-state index in [2.05, 4.69) is 161 Å². The molecule has 0 saturated carbocycles. The van der Waals surface area contributed by atoms with Crippen LogP contribution in [0.15, 0.2) is 152 Å². The number of hydrogen-bond acceptors (Lipinski definition) is 4. The van der Waals surface area contributed by atoms with E-state index in [-0.39, 0.29) is 21.1 Å². The zero-order valence-electron chi connectivity index (χ0n) is 29.0. The van der Waals surface area contributed by atoms with Crippen molar-refractivity contribution in [2.75, 3.05) is 11.9 Å². The van der Waals surface area contributed by atoms with Gasteiger partial charge in [-0.05, 0) is 47.5 Å². The van der Waals surface area contributed by atoms with Crippen LogP contribution >= 0.6 is 0 Å². The molecule has 9 aromatic rings. The molecule has 1 aliphatic heterocycles. The minimum Gasteiger partial charge on any atom is -0.509 e. The average molecular weight is 866 g/mol. The number of anilines is 1. The largest absolute Gasteiger partial charge is 0.509 e. The predicted molar refractivity (Wildman–Crippen MR) is 211 cm³/mol. The average Bonchev–Trinajstić information content (AvgIpc) is 3.84. The molecule has 0 radical (unpaired) electrons. The Bertz CT molecular complexity index is 2840. The van der Waals surface area contributed by atoms with Gasteiger partial charge in [0.1, 0.15) is 5.82 Å². The van der Waals surface area contributed by atoms with Crippen LogP contribution in [0.2, 0.25) is 0 Å². The Kier molecular flexibility index (Phi) is 8.13. The summed E-state index contributed by atoms with van der Waals surface area (Å²) in [5.41, 5.74) is 9.72. The molecule has 0 spiro atoms. The van der Waals surface area contributed by atoms with Gasteiger partial charge in [0, 0.05) is 79.4 Å². The number of rotatable bonds is 6. The molecule has 260 valence electrons. The summed E-state index contributed by atoms with van der Waals surface area (Å²) in [6, 6.07) is 55.4. The van der Waals surface area contributed by atoms with Gasteiger partial charge in [-0.3, -0.25) is 0 Å². The minimum absolute atomic E-state index is 0. The van der Waals surface area contributed by atoms with Crippen LogP contribution in [0, 0.1) is 18.8 Å². The van der Waals surface area contributed by atoms with Crippen LogP contribution in [-0.2, 0) is 28.1 Å². The van der Waals surface area contributed by atoms with Gasteiger partial charge in [0.2, 0.25) is 0 Å². The summed E-state index contributed by atoms with van der Waals surface area (Å²) in [5.74, 6) is 2.03. The van der Waals surface area contributed by atoms with Gasteiger partial charge in [0.05, 0.1) is 5.52 Å². The summed E-state index contributed by atoms with van der Waals surface area (Å²) in [6.45, 7) is 2.05. The fraction of sp³-hybridized carbons (Fsp3) is 0.0435. The van der Waals surface area contributed by atoms with E-state index in [9.17, 15) is 0 Å². The van der Waals surface area contributed by atoms with Crippen molar-refractivity contribution in [1.82, 2.24) is 19.0 Å². The molecule has 0 unspecified atom stereocenters. The minimum atomic E-state index is 0. The molecule has 0 bridgehead atoms. The third-order valence-corrected chi connectivity index (χ3v) is 10.0. The second-order valence-electron chi connectivity index (χ2n) is 13.2. The van der Waals surface area contributed by atoms with Gasteiger partial charge in [-0.25, -0.2) is 4.98 Å². The molecule has 6 aromatic carbocycles. The Morgan fingerprint density at radius 2 is 1.34 bits per heavy atom. The maximum Gasteiger partial charge on any atom is 0.137 e. The van der Waals surface area contributed by atoms with Crippen molar-refractivity contribution in [2.24, 2.45) is 7.05 Å². The van der Waals surface area contributed by atoms with Gasteiger partial charge < -0.3 is 23.7 Å². The van der Waals surface area contributed by atoms with Gasteiger partial charge >= 0.3 is 0 Å². The molecule has 4 heterocycles. The van der Waals surface area contributed by atoms with Crippen LogP contribution in [0.1, 0.15) is 5.56 Å². The first-order chi connectivity index (χ1) is 25.6. The van der Waals surface area contributed by atoms with Crippen molar-refractivity contribution in [3.63, 3.8) is 0 Å². The van der Waals surface area contributed by atoms with Crippen molar-refractivity contribution in [3.05, 3.63) is 176 Å². The third-order valence-electron chi connectivity index (χ3n) is 10.0. The summed E-state index contributed by atoms with van der Waals surface area (Å²) >= 11 is 0. The van der Waals surface area contributed by atoms with Crippen LogP contribution in [0.3, 0.4) is 0 Å². The fourth-order valence-corrected chi connectivity index (χ4v) is 7.49. The first-order valence-corrected chi connectivity index (χ1v) is 17.3. The fourth-order valence-electron chi connectivity index (χ4n) is 7.49. The van der Waals surface area contributed by atoms with Gasteiger partial charge in [0.25, 0.3) is 0 Å². The van der Waals surface area contributed by atoms with E-state index in [1.165, 1.54) is 16.5 Å². The summed E-state index contributed by atoms with van der Waals surface area (Å²) in [5, 5.41) is 4.52. The number of para-hydroxylation sites is 1. The van der Waals surface area contributed by atoms with E-state index >= 15 is 0 Å². The van der Waals surface area contributed by atoms with E-state index in [1.807, 2.05) is 42.6 Å². The van der Waals surface area contributed by atoms with Gasteiger partial charge in [-0.2, -0.15) is 18.8 Å². The predicted octanol–water partition coefficient (Wildman–Crippen LogP) is 10.8. The third kappa shape index (κ3) is 5.58. The molecule has 3 aromatic heterocycles. The number of aryl methyl sites for hydroxylation is 1. The van der Waals surface area contributed by atoms with Crippen molar-refractivity contribution in [2.45, 2.75) is 0 Å². The van der Waals surface area contributed by atoms with E-state index in [0.29, 0.717) is 11.5 Å². The number of fused-ring (bicyclic) bond motifs is 6. The molecule has 0 saturated heterocycles. The maximum atomic E-state index is 6.51. The van der Waals surface area contributed by atoms with Crippen LogP contribution in [0.4, 0.5) is 5.69 Å². The summed E-state index contributed by atoms with van der Waals surface area (Å²) in [7, 11) is 4.17. The molecular formula is C46H32N5OPt-3. The molecule has 0 aliphatic carbocycles. The molecule has 6 nitrogen and oxygen atoms in total. The van der Waals surface area contributed by atoms with Gasteiger partial charge in [0.15, 0.2) is 0 Å². The molecule has 10 rings (SSSR count). The quantitative estimate of drug-likeness (QED) is 0.156. The molecular weight excluding hydrogens is 834 g/mol. The normalized spacial score (nSPS) is 12.9. The van der Waals surface area contributed by atoms with Crippen molar-refractivity contribution < 1.29 is 25.8 Å². The Morgan fingerprint density at radius 1 is 0.585 bits per heavy atom. The summed E-state index contributed by atoms with van der Waals surface area (Å²) in [4.78, 5) is 9.24. The summed E-state index contributed by atoms with van der Waals surface area (Å²) < 4.78 is 11.0. The molecule has 7 heteroatoms. The number of benzene rings is 6. The molecule has 1 aliphatic rings. The first kappa shape index (κ1) is 32.8. The van der Waals surface area contributed by atoms with Gasteiger partial charge in [-0.1, -0.05) is 96.5 Å². The van der Waals surface area contributed by atoms with Crippen LogP contribution < -0.4 is 9.64 Å². The van der Waals surface area contributed by atoms with Gasteiger partial charge in [-0.15, -0.1) is 41.4 Å². The first-order valence-electron chi connectivity index (χ1n) is 17.3. The Morgan fingerprint density at radius 3 is 2.17 bits per heavy atom. The maximum absolute atomic E-state index is 6.51. The number of hydrogen-bond donors (Lipinski definition) is 0. The van der Waals surface area contributed by atoms with Crippen LogP contribution in [0.25, 0.3) is 66.3 Å². The van der Waals surface area contributed by atoms with E-state index in [4.69, 9.17) is 9.72 Å². The van der Waals surface area contributed by atoms with Crippen molar-refractivity contribution in [1.29, 1.82) is 0 Å². The number of pyridine rings is 1. The second-order valence-corrected chi connectivity index (χ2v) is 13.2. The molecule has 0 N–H and O–H groups in total. The molecule has 53 heavy (non-hydrogen) atoms. The number of aromatic nitrogens is 3. The number of nitrogens with zero attached hydrogens (tertiary/aromatic N) is 5. The zero-order valence-corrected chi connectivity index (χ0v) is 31.2. The second kappa shape index (κ2) is 13.1. The van der Waals surface area contributed by atoms with Crippen molar-refractivity contribution in [3.8, 4) is 28.4 Å². The monoisotopic (exact) mass is 865 g/mol. The molecule has 0 amide bonds. The van der Waals surface area contributed by atoms with E-state index in [0.717, 1.165) is 61.0 Å².